The minimum absolute atomic E-state index is 0.145. The summed E-state index contributed by atoms with van der Waals surface area (Å²) in [5.74, 6) is 2.02. The summed E-state index contributed by atoms with van der Waals surface area (Å²) < 4.78 is 101. The van der Waals surface area contributed by atoms with Crippen LogP contribution >= 0.6 is 0 Å². The lowest BCUT2D eigenvalue weighted by Crippen LogP contribution is -2.27. The fourth-order valence-corrected chi connectivity index (χ4v) is 13.1. The van der Waals surface area contributed by atoms with Crippen molar-refractivity contribution in [3.63, 3.8) is 0 Å². The topological polar surface area (TPSA) is 348 Å². The number of unbranched alkanes of at least 4 members (excludes halogenated alkanes) is 3. The van der Waals surface area contributed by atoms with Gasteiger partial charge in [-0.15, -0.1) is 0 Å². The summed E-state index contributed by atoms with van der Waals surface area (Å²) in [5.41, 5.74) is 10.1. The highest BCUT2D eigenvalue weighted by molar-refractivity contribution is 6.00. The molecule has 0 unspecified atom stereocenters. The average Bonchev–Trinajstić information content (AvgIpc) is 1.62. The van der Waals surface area contributed by atoms with E-state index in [1.165, 1.54) is 0 Å². The van der Waals surface area contributed by atoms with Crippen LogP contribution in [0.25, 0.3) is 79.8 Å². The Balaban J connectivity index is 1.10. The van der Waals surface area contributed by atoms with Crippen LogP contribution in [0.15, 0.2) is 104 Å². The second-order valence-corrected chi connectivity index (χ2v) is 28.7. The van der Waals surface area contributed by atoms with Crippen LogP contribution in [0.3, 0.4) is 0 Å². The van der Waals surface area contributed by atoms with E-state index in [0.29, 0.717) is 281 Å². The Morgan fingerprint density at radius 2 is 0.724 bits per heavy atom. The Labute approximate surface area is 721 Å². The zero-order valence-electron chi connectivity index (χ0n) is 72.2. The third-order valence-electron chi connectivity index (χ3n) is 19.4. The van der Waals surface area contributed by atoms with Gasteiger partial charge in [0.15, 0.2) is 0 Å². The van der Waals surface area contributed by atoms with Crippen LogP contribution in [0.4, 0.5) is 0 Å². The van der Waals surface area contributed by atoms with E-state index < -0.39 is 0 Å². The molecule has 0 atom stereocenters. The van der Waals surface area contributed by atoms with Crippen molar-refractivity contribution in [2.45, 2.75) is 90.5 Å². The van der Waals surface area contributed by atoms with E-state index in [2.05, 4.69) is 59.0 Å². The molecule has 2 aliphatic heterocycles. The van der Waals surface area contributed by atoms with Gasteiger partial charge in [-0.2, -0.15) is 0 Å². The first-order valence-electron chi connectivity index (χ1n) is 42.8. The number of aromatic nitrogens is 6. The first kappa shape index (κ1) is 96.7. The van der Waals surface area contributed by atoms with Crippen molar-refractivity contribution in [2.75, 3.05) is 220 Å². The molecule has 3 aromatic carbocycles. The van der Waals surface area contributed by atoms with Gasteiger partial charge >= 0.3 is 0 Å². The summed E-state index contributed by atoms with van der Waals surface area (Å²) in [6, 6.07) is 27.5. The summed E-state index contributed by atoms with van der Waals surface area (Å²) >= 11 is 0. The van der Waals surface area contributed by atoms with E-state index in [-0.39, 0.29) is 75.7 Å². The molecule has 123 heavy (non-hydrogen) atoms. The standard InChI is InChI=1S/C92H126N10O21/c1-69-24-25-70(66-83(69)123-41-9-7-6-8-39-102-40-34-93-68-102)88-73-30-32-77(100-73)89(91-79(119-42-12-20-84(103)94-35-46-111-58-62-115-54-50-107-2)16-10-17-80(91)120-43-13-21-85(104)95-36-47-112-59-63-116-55-51-108-3)75-28-26-71(98-75)67-72-27-29-76(99-72)90(78-33-31-74(88)101-78)92-81(121-44-14-22-86(105)96-37-48-113-60-64-117-56-52-109-4)18-11-19-82(92)122-45-15-23-87(106)97-38-49-114-61-65-118-57-53-110-5/h10-11,16-19,24-34,40,66-68,98,101H,6-9,12-15,20-23,35-39,41-65H2,1-5H3,(H,94,103)(H,95,104)(H,96,105)(H,97,106). The van der Waals surface area contributed by atoms with Gasteiger partial charge in [0.25, 0.3) is 0 Å². The molecular weight excluding hydrogens is 1580 g/mol. The molecule has 0 radical (unpaired) electrons. The normalized spacial score (nSPS) is 11.7. The molecule has 6 heterocycles. The van der Waals surface area contributed by atoms with E-state index in [9.17, 15) is 19.2 Å². The first-order valence-corrected chi connectivity index (χ1v) is 42.8. The quantitative estimate of drug-likeness (QED) is 0.0193. The number of aryl methyl sites for hydroxylation is 2. The number of hydrogen-bond donors (Lipinski definition) is 6. The van der Waals surface area contributed by atoms with Crippen LogP contribution in [0.2, 0.25) is 0 Å². The minimum atomic E-state index is -0.145. The van der Waals surface area contributed by atoms with Crippen molar-refractivity contribution in [2.24, 2.45) is 0 Å². The molecule has 31 nitrogen and oxygen atoms in total. The van der Waals surface area contributed by atoms with Crippen LogP contribution in [0.1, 0.15) is 105 Å². The number of methoxy groups -OCH3 is 4. The molecule has 7 aromatic rings. The molecule has 0 fully saturated rings. The van der Waals surface area contributed by atoms with Crippen molar-refractivity contribution in [1.29, 1.82) is 0 Å². The molecule has 4 aromatic heterocycles. The van der Waals surface area contributed by atoms with Gasteiger partial charge in [0.05, 0.1) is 205 Å². The number of nitrogens with zero attached hydrogens (tertiary/aromatic N) is 4. The zero-order chi connectivity index (χ0) is 86.4. The predicted octanol–water partition coefficient (Wildman–Crippen LogP) is 11.6. The third-order valence-corrected chi connectivity index (χ3v) is 19.4. The number of carbonyl (C=O) groups excluding carboxylic acids is 4. The van der Waals surface area contributed by atoms with Gasteiger partial charge in [-0.3, -0.25) is 19.2 Å². The maximum Gasteiger partial charge on any atom is 0.220 e. The Morgan fingerprint density at radius 3 is 1.16 bits per heavy atom. The van der Waals surface area contributed by atoms with Gasteiger partial charge in [0.1, 0.15) is 28.7 Å². The molecule has 0 saturated carbocycles. The third kappa shape index (κ3) is 35.2. The lowest BCUT2D eigenvalue weighted by Gasteiger charge is -2.18. The van der Waals surface area contributed by atoms with Gasteiger partial charge in [-0.25, -0.2) is 15.0 Å². The number of nitrogens with one attached hydrogen (secondary N) is 6. The van der Waals surface area contributed by atoms with Crippen LogP contribution in [0.5, 0.6) is 28.7 Å². The zero-order valence-corrected chi connectivity index (χ0v) is 72.2. The molecule has 9 rings (SSSR count). The Kier molecular flexibility index (Phi) is 45.7. The number of hydrogen-bond acceptors (Lipinski definition) is 24. The van der Waals surface area contributed by atoms with Gasteiger partial charge in [-0.1, -0.05) is 37.1 Å². The minimum Gasteiger partial charge on any atom is -0.493 e. The maximum atomic E-state index is 13.3. The van der Waals surface area contributed by atoms with E-state index >= 15 is 0 Å². The molecule has 0 spiro atoms. The van der Waals surface area contributed by atoms with Crippen molar-refractivity contribution in [1.82, 2.24) is 50.8 Å². The number of benzene rings is 3. The highest BCUT2D eigenvalue weighted by Gasteiger charge is 2.26. The van der Waals surface area contributed by atoms with Crippen LogP contribution in [0, 0.1) is 6.92 Å². The van der Waals surface area contributed by atoms with E-state index in [1.54, 1.807) is 34.6 Å². The largest absolute Gasteiger partial charge is 0.493 e. The second-order valence-electron chi connectivity index (χ2n) is 28.7. The van der Waals surface area contributed by atoms with Crippen LogP contribution in [-0.4, -0.2) is 273 Å². The van der Waals surface area contributed by atoms with E-state index in [1.807, 2.05) is 110 Å². The van der Waals surface area contributed by atoms with Gasteiger partial charge < -0.3 is 116 Å². The van der Waals surface area contributed by atoms with E-state index in [4.69, 9.17) is 90.5 Å². The van der Waals surface area contributed by atoms with Crippen LogP contribution in [-0.2, 0) is 82.6 Å². The van der Waals surface area contributed by atoms with Crippen molar-refractivity contribution in [3.05, 3.63) is 132 Å². The first-order chi connectivity index (χ1) is 60.5. The Hall–Kier alpha value is -10.1. The molecular formula is C92H126N10O21. The summed E-state index contributed by atoms with van der Waals surface area (Å²) in [6.07, 6.45) is 19.7. The number of aromatic amines is 2. The number of rotatable bonds is 67. The van der Waals surface area contributed by atoms with Gasteiger partial charge in [0, 0.05) is 138 Å². The summed E-state index contributed by atoms with van der Waals surface area (Å²) in [5, 5.41) is 11.8. The smallest absolute Gasteiger partial charge is 0.220 e. The second kappa shape index (κ2) is 58.1. The number of carbonyl (C=O) groups is 4. The molecule has 670 valence electrons. The maximum absolute atomic E-state index is 13.3. The molecule has 2 aliphatic rings. The highest BCUT2D eigenvalue weighted by Crippen LogP contribution is 2.46. The van der Waals surface area contributed by atoms with Crippen molar-refractivity contribution in [3.8, 4) is 62.1 Å². The molecule has 8 bridgehead atoms. The Bertz CT molecular complexity index is 4250. The van der Waals surface area contributed by atoms with Crippen LogP contribution < -0.4 is 45.0 Å². The van der Waals surface area contributed by atoms with Crippen molar-refractivity contribution < 1.29 is 99.7 Å². The fraction of sp³-hybridized carbons (Fsp3) is 0.511. The molecule has 6 N–H and O–H groups in total. The number of amides is 4. The lowest BCUT2D eigenvalue weighted by atomic mass is 10.0. The monoisotopic (exact) mass is 1710 g/mol. The number of H-pyrrole nitrogens is 2. The summed E-state index contributed by atoms with van der Waals surface area (Å²) in [6.45, 7) is 13.9. The fourth-order valence-electron chi connectivity index (χ4n) is 13.1. The van der Waals surface area contributed by atoms with Gasteiger partial charge in [0.2, 0.25) is 23.6 Å². The Morgan fingerprint density at radius 1 is 0.350 bits per heavy atom. The summed E-state index contributed by atoms with van der Waals surface area (Å²) in [4.78, 5) is 76.1. The molecule has 4 amide bonds. The lowest BCUT2D eigenvalue weighted by molar-refractivity contribution is -0.122. The number of ether oxygens (including phenoxy) is 17. The molecule has 0 aliphatic carbocycles. The molecule has 0 saturated heterocycles. The van der Waals surface area contributed by atoms with E-state index in [0.717, 1.165) is 54.7 Å². The average molecular weight is 1710 g/mol. The highest BCUT2D eigenvalue weighted by atomic mass is 16.6. The predicted molar refractivity (Wildman–Crippen MR) is 471 cm³/mol. The number of imidazole rings is 1. The van der Waals surface area contributed by atoms with Crippen molar-refractivity contribution >= 4 is 70.0 Å². The summed E-state index contributed by atoms with van der Waals surface area (Å²) in [7, 11) is 6.49. The molecule has 31 heteroatoms. The number of fused-ring (bicyclic) bond motifs is 8. The SMILES string of the molecule is COCCOCCOCCNC(=O)CCCOc1cccc(OCCCC(=O)NCCOCCOCCOC)c1-c1c2nc(c(-c3ccc(C)c(OCCCCCCn4ccnc4)c3)c3ccc([nH]3)c(-c3c(OCCCC(=O)NCCOCCOCCOC)cccc3OCCCC(=O)NCCOCCOCCOC)c3nc(cc4ccc1[nH]4)C=C3)C=C2. The van der Waals surface area contributed by atoms with Gasteiger partial charge in [-0.05, 0) is 142 Å².